The van der Waals surface area contributed by atoms with Crippen LogP contribution in [-0.2, 0) is 19.2 Å². The molecule has 9 nitrogen and oxygen atoms in total. The van der Waals surface area contributed by atoms with Crippen LogP contribution in [0, 0.1) is 0 Å². The lowest BCUT2D eigenvalue weighted by Gasteiger charge is -2.27. The van der Waals surface area contributed by atoms with Crippen LogP contribution in [-0.4, -0.2) is 57.3 Å². The van der Waals surface area contributed by atoms with E-state index in [-0.39, 0.29) is 19.3 Å². The van der Waals surface area contributed by atoms with Gasteiger partial charge in [0.25, 0.3) is 0 Å². The highest BCUT2D eigenvalue weighted by molar-refractivity contribution is 8.69. The zero-order chi connectivity index (χ0) is 18.9. The molecule has 0 aliphatic carbocycles. The number of nitrogens with one attached hydrogen (secondary N) is 2. The molecule has 0 bridgehead atoms. The topological polar surface area (TPSA) is 159 Å². The summed E-state index contributed by atoms with van der Waals surface area (Å²) >= 11 is 4.11. The Kier molecular flexibility index (Phi) is 9.78. The highest BCUT2D eigenvalue weighted by Crippen LogP contribution is 2.32. The van der Waals surface area contributed by atoms with Crippen LogP contribution < -0.4 is 16.4 Å². The van der Waals surface area contributed by atoms with Crippen LogP contribution >= 0.6 is 22.5 Å². The van der Waals surface area contributed by atoms with Crippen LogP contribution in [0.2, 0.25) is 0 Å². The molecule has 0 heterocycles. The van der Waals surface area contributed by atoms with Gasteiger partial charge in [-0.15, -0.1) is 11.7 Å². The number of nitrogens with two attached hydrogens (primary N) is 1. The van der Waals surface area contributed by atoms with Gasteiger partial charge in [0.1, 0.15) is 18.6 Å². The van der Waals surface area contributed by atoms with Crippen LogP contribution in [0.25, 0.3) is 0 Å². The fraction of sp³-hybridized carbons (Fsp3) is 0.692. The molecule has 0 radical (unpaired) electrons. The smallest absolute Gasteiger partial charge is 0.322 e. The molecule has 138 valence electrons. The minimum atomic E-state index is -1.22. The summed E-state index contributed by atoms with van der Waals surface area (Å²) in [5.41, 5.74) is 5.32. The Labute approximate surface area is 148 Å². The molecule has 2 atom stereocenters. The fourth-order valence-corrected chi connectivity index (χ4v) is 2.17. The maximum absolute atomic E-state index is 12.1. The van der Waals surface area contributed by atoms with Crippen molar-refractivity contribution in [1.82, 2.24) is 10.6 Å². The second-order valence-electron chi connectivity index (χ2n) is 5.77. The van der Waals surface area contributed by atoms with Crippen molar-refractivity contribution in [3.05, 3.63) is 0 Å². The van der Waals surface area contributed by atoms with Gasteiger partial charge in [0.2, 0.25) is 11.8 Å². The number of carbonyl (C=O) groups excluding carboxylic acids is 2. The summed E-state index contributed by atoms with van der Waals surface area (Å²) < 4.78 is -0.459. The molecule has 0 unspecified atom stereocenters. The standard InChI is InChI=1S/C13H23N3O6S2/c1-13(2,24-23)5-8(11(20)15-6-10(18)19)16-9(17)4-3-7(14)12(21)22/h7-8,23H,3-6,14H2,1-2H3,(H,15,20)(H,16,17)(H,18,19)(H,21,22)/t7-,8-/m0/s1. The van der Waals surface area contributed by atoms with Crippen LogP contribution in [0.5, 0.6) is 0 Å². The normalized spacial score (nSPS) is 13.7. The van der Waals surface area contributed by atoms with E-state index in [1.165, 1.54) is 10.8 Å². The number of thiol groups is 1. The molecule has 0 aromatic heterocycles. The fourth-order valence-electron chi connectivity index (χ4n) is 1.70. The molecule has 6 N–H and O–H groups in total. The number of hydrogen-bond donors (Lipinski definition) is 6. The van der Waals surface area contributed by atoms with Crippen molar-refractivity contribution >= 4 is 46.2 Å². The van der Waals surface area contributed by atoms with Crippen molar-refractivity contribution in [2.45, 2.75) is 49.9 Å². The van der Waals surface area contributed by atoms with E-state index in [0.29, 0.717) is 0 Å². The third kappa shape index (κ3) is 9.63. The van der Waals surface area contributed by atoms with E-state index in [1.807, 2.05) is 13.8 Å². The molecule has 0 saturated carbocycles. The lowest BCUT2D eigenvalue weighted by atomic mass is 10.0. The maximum Gasteiger partial charge on any atom is 0.322 e. The number of amides is 2. The average molecular weight is 381 g/mol. The monoisotopic (exact) mass is 381 g/mol. The molecule has 0 aliphatic rings. The number of rotatable bonds is 11. The van der Waals surface area contributed by atoms with Gasteiger partial charge in [-0.1, -0.05) is 10.8 Å². The third-order valence-corrected chi connectivity index (χ3v) is 5.15. The highest BCUT2D eigenvalue weighted by Gasteiger charge is 2.29. The summed E-state index contributed by atoms with van der Waals surface area (Å²) in [7, 11) is 1.20. The molecule has 0 spiro atoms. The van der Waals surface area contributed by atoms with Crippen molar-refractivity contribution in [3.63, 3.8) is 0 Å². The number of carbonyl (C=O) groups is 4. The van der Waals surface area contributed by atoms with E-state index >= 15 is 0 Å². The van der Waals surface area contributed by atoms with Gasteiger partial charge in [-0.2, -0.15) is 0 Å². The first-order valence-corrected chi connectivity index (χ1v) is 8.95. The Hall–Kier alpha value is -1.46. The van der Waals surface area contributed by atoms with Gasteiger partial charge < -0.3 is 26.6 Å². The first-order chi connectivity index (χ1) is 11.0. The van der Waals surface area contributed by atoms with Gasteiger partial charge in [-0.25, -0.2) is 0 Å². The lowest BCUT2D eigenvalue weighted by molar-refractivity contribution is -0.139. The van der Waals surface area contributed by atoms with Crippen molar-refractivity contribution < 1.29 is 29.4 Å². The first kappa shape index (κ1) is 22.5. The predicted octanol–water partition coefficient (Wildman–Crippen LogP) is -0.389. The summed E-state index contributed by atoms with van der Waals surface area (Å²) in [6.07, 6.45) is -0.0245. The molecule has 0 aromatic carbocycles. The maximum atomic E-state index is 12.1. The van der Waals surface area contributed by atoms with E-state index in [0.717, 1.165) is 0 Å². The number of carboxylic acid groups (broad SMARTS) is 2. The van der Waals surface area contributed by atoms with Gasteiger partial charge >= 0.3 is 11.9 Å². The Balaban J connectivity index is 4.79. The van der Waals surface area contributed by atoms with Gasteiger partial charge in [0, 0.05) is 11.2 Å². The summed E-state index contributed by atoms with van der Waals surface area (Å²) in [6, 6.07) is -2.13. The van der Waals surface area contributed by atoms with Gasteiger partial charge in [-0.05, 0) is 26.7 Å². The largest absolute Gasteiger partial charge is 0.480 e. The molecule has 0 rings (SSSR count). The van der Waals surface area contributed by atoms with E-state index < -0.39 is 47.1 Å². The minimum absolute atomic E-state index is 0.0741. The Morgan fingerprint density at radius 3 is 2.29 bits per heavy atom. The van der Waals surface area contributed by atoms with Crippen molar-refractivity contribution in [3.8, 4) is 0 Å². The van der Waals surface area contributed by atoms with E-state index in [4.69, 9.17) is 15.9 Å². The van der Waals surface area contributed by atoms with Crippen molar-refractivity contribution in [2.24, 2.45) is 5.73 Å². The molecule has 11 heteroatoms. The summed E-state index contributed by atoms with van der Waals surface area (Å²) in [4.78, 5) is 45.2. The summed E-state index contributed by atoms with van der Waals surface area (Å²) in [5.74, 6) is -3.60. The number of carboxylic acids is 2. The van der Waals surface area contributed by atoms with Crippen molar-refractivity contribution in [2.75, 3.05) is 6.54 Å². The van der Waals surface area contributed by atoms with Crippen LogP contribution in [0.4, 0.5) is 0 Å². The second-order valence-corrected chi connectivity index (χ2v) is 7.61. The van der Waals surface area contributed by atoms with Gasteiger partial charge in [0.05, 0.1) is 0 Å². The SMILES string of the molecule is CC(C)(C[C@H](NC(=O)CC[C@H](N)C(=O)O)C(=O)NCC(=O)O)SS. The van der Waals surface area contributed by atoms with E-state index in [9.17, 15) is 19.2 Å². The Morgan fingerprint density at radius 1 is 1.25 bits per heavy atom. The van der Waals surface area contributed by atoms with E-state index in [1.54, 1.807) is 0 Å². The first-order valence-electron chi connectivity index (χ1n) is 7.08. The highest BCUT2D eigenvalue weighted by atomic mass is 33.1. The predicted molar refractivity (Wildman–Crippen MR) is 92.7 cm³/mol. The molecule has 24 heavy (non-hydrogen) atoms. The van der Waals surface area contributed by atoms with Gasteiger partial charge in [-0.3, -0.25) is 19.2 Å². The van der Waals surface area contributed by atoms with Crippen LogP contribution in [0.1, 0.15) is 33.1 Å². The molecule has 0 saturated heterocycles. The Morgan fingerprint density at radius 2 is 1.83 bits per heavy atom. The number of hydrogen-bond acceptors (Lipinski definition) is 7. The second kappa shape index (κ2) is 10.4. The average Bonchev–Trinajstić information content (AvgIpc) is 2.49. The Bertz CT molecular complexity index is 486. The zero-order valence-corrected chi connectivity index (χ0v) is 15.2. The van der Waals surface area contributed by atoms with Crippen LogP contribution in [0.3, 0.4) is 0 Å². The molecule has 2 amide bonds. The van der Waals surface area contributed by atoms with Gasteiger partial charge in [0.15, 0.2) is 0 Å². The lowest BCUT2D eigenvalue weighted by Crippen LogP contribution is -2.50. The molecular weight excluding hydrogens is 358 g/mol. The molecular formula is C13H23N3O6S2. The third-order valence-electron chi connectivity index (χ3n) is 3.01. The quantitative estimate of drug-likeness (QED) is 0.208. The van der Waals surface area contributed by atoms with Crippen LogP contribution in [0.15, 0.2) is 0 Å². The molecule has 0 fully saturated rings. The molecule has 0 aliphatic heterocycles. The van der Waals surface area contributed by atoms with E-state index in [2.05, 4.69) is 22.3 Å². The number of aliphatic carboxylic acids is 2. The summed E-state index contributed by atoms with van der Waals surface area (Å²) in [6.45, 7) is 3.06. The molecule has 0 aromatic rings. The minimum Gasteiger partial charge on any atom is -0.480 e. The summed E-state index contributed by atoms with van der Waals surface area (Å²) in [5, 5.41) is 22.0. The zero-order valence-electron chi connectivity index (χ0n) is 13.4. The van der Waals surface area contributed by atoms with Crippen molar-refractivity contribution in [1.29, 1.82) is 0 Å².